The monoisotopic (exact) mass is 297 g/mol. The van der Waals surface area contributed by atoms with Gasteiger partial charge in [0.15, 0.2) is 15.7 Å². The molecule has 2 rings (SSSR count). The second-order valence-electron chi connectivity index (χ2n) is 4.34. The molecule has 1 heterocycles. The van der Waals surface area contributed by atoms with Gasteiger partial charge in [-0.2, -0.15) is 4.37 Å². The normalized spacial score (nSPS) is 11.5. The van der Waals surface area contributed by atoms with Crippen LogP contribution in [0.5, 0.6) is 0 Å². The Labute approximate surface area is 116 Å². The van der Waals surface area contributed by atoms with Gasteiger partial charge in [0.25, 0.3) is 0 Å². The third-order valence-electron chi connectivity index (χ3n) is 2.62. The van der Waals surface area contributed by atoms with Crippen molar-refractivity contribution in [2.75, 3.05) is 17.3 Å². The number of aryl methyl sites for hydroxylation is 1. The Kier molecular flexibility index (Phi) is 3.77. The van der Waals surface area contributed by atoms with Crippen LogP contribution in [0.15, 0.2) is 29.2 Å². The summed E-state index contributed by atoms with van der Waals surface area (Å²) in [4.78, 5) is 0.0876. The molecule has 0 spiro atoms. The Morgan fingerprint density at radius 3 is 2.53 bits per heavy atom. The quantitative estimate of drug-likeness (QED) is 0.902. The highest BCUT2D eigenvalue weighted by atomic mass is 32.2. The van der Waals surface area contributed by atoms with Crippen LogP contribution >= 0.6 is 11.5 Å². The maximum Gasteiger partial charge on any atom is 0.182 e. The molecule has 0 saturated heterocycles. The second-order valence-corrected chi connectivity index (χ2v) is 7.06. The van der Waals surface area contributed by atoms with Gasteiger partial charge in [0.1, 0.15) is 9.90 Å². The fourth-order valence-electron chi connectivity index (χ4n) is 1.65. The van der Waals surface area contributed by atoms with E-state index in [2.05, 4.69) is 9.69 Å². The first-order valence-corrected chi connectivity index (χ1v) is 8.29. The molecule has 0 unspecified atom stereocenters. The van der Waals surface area contributed by atoms with Crippen LogP contribution in [0.2, 0.25) is 0 Å². The van der Waals surface area contributed by atoms with Gasteiger partial charge >= 0.3 is 0 Å². The summed E-state index contributed by atoms with van der Waals surface area (Å²) in [5, 5.41) is 3.56. The minimum atomic E-state index is -3.37. The van der Waals surface area contributed by atoms with Crippen molar-refractivity contribution >= 4 is 32.2 Å². The van der Waals surface area contributed by atoms with Crippen molar-refractivity contribution in [3.05, 3.63) is 35.4 Å². The largest absolute Gasteiger partial charge is 0.382 e. The number of hydrogen-bond acceptors (Lipinski definition) is 6. The summed E-state index contributed by atoms with van der Waals surface area (Å²) in [7, 11) is -3.37. The first-order valence-electron chi connectivity index (χ1n) is 5.62. The van der Waals surface area contributed by atoms with Gasteiger partial charge < -0.3 is 11.1 Å². The molecule has 0 aliphatic rings. The van der Waals surface area contributed by atoms with Crippen LogP contribution in [0.3, 0.4) is 0 Å². The third kappa shape index (κ3) is 3.24. The van der Waals surface area contributed by atoms with Crippen LogP contribution in [-0.2, 0) is 16.4 Å². The summed E-state index contributed by atoms with van der Waals surface area (Å²) in [6, 6.07) is 8.00. The number of hydrogen-bond donors (Lipinski definition) is 2. The maximum absolute atomic E-state index is 11.6. The number of rotatable bonds is 4. The number of sulfone groups is 1. The molecule has 0 fully saturated rings. The summed E-state index contributed by atoms with van der Waals surface area (Å²) >= 11 is 1.06. The molecule has 19 heavy (non-hydrogen) atoms. The Balaban J connectivity index is 2.19. The minimum absolute atomic E-state index is 0.0545. The Hall–Kier alpha value is -1.60. The number of nitrogens with zero attached hydrogens (tertiary/aromatic N) is 1. The fraction of sp³-hybridized carbons (Fsp3) is 0.250. The summed E-state index contributed by atoms with van der Waals surface area (Å²) < 4.78 is 27.2. The second kappa shape index (κ2) is 5.18. The molecule has 0 radical (unpaired) electrons. The highest BCUT2D eigenvalue weighted by Crippen LogP contribution is 2.31. The lowest BCUT2D eigenvalue weighted by Crippen LogP contribution is -2.05. The molecule has 0 saturated carbocycles. The molecule has 0 aliphatic heterocycles. The van der Waals surface area contributed by atoms with Crippen LogP contribution in [0.1, 0.15) is 11.1 Å². The van der Waals surface area contributed by atoms with E-state index < -0.39 is 9.84 Å². The zero-order chi connectivity index (χ0) is 14.0. The average Bonchev–Trinajstić information content (AvgIpc) is 2.69. The molecule has 102 valence electrons. The van der Waals surface area contributed by atoms with Gasteiger partial charge in [-0.1, -0.05) is 29.8 Å². The van der Waals surface area contributed by atoms with Crippen LogP contribution in [0, 0.1) is 6.92 Å². The first kappa shape index (κ1) is 13.8. The first-order chi connectivity index (χ1) is 8.88. The Bertz CT molecular complexity index is 676. The van der Waals surface area contributed by atoms with E-state index in [1.807, 2.05) is 31.2 Å². The smallest absolute Gasteiger partial charge is 0.182 e. The van der Waals surface area contributed by atoms with Crippen molar-refractivity contribution in [3.63, 3.8) is 0 Å². The van der Waals surface area contributed by atoms with Crippen LogP contribution < -0.4 is 11.1 Å². The number of nitrogens with one attached hydrogen (secondary N) is 1. The molecule has 5 nitrogen and oxygen atoms in total. The molecule has 0 atom stereocenters. The van der Waals surface area contributed by atoms with E-state index in [4.69, 9.17) is 5.73 Å². The lowest BCUT2D eigenvalue weighted by Gasteiger charge is -2.06. The van der Waals surface area contributed by atoms with Crippen molar-refractivity contribution in [2.45, 2.75) is 18.4 Å². The molecular weight excluding hydrogens is 282 g/mol. The van der Waals surface area contributed by atoms with E-state index in [-0.39, 0.29) is 10.7 Å². The van der Waals surface area contributed by atoms with E-state index in [1.54, 1.807) is 0 Å². The van der Waals surface area contributed by atoms with Crippen LogP contribution in [0.25, 0.3) is 0 Å². The molecule has 1 aromatic heterocycles. The van der Waals surface area contributed by atoms with E-state index in [9.17, 15) is 8.42 Å². The maximum atomic E-state index is 11.6. The fourth-order valence-corrected chi connectivity index (χ4v) is 3.72. The lowest BCUT2D eigenvalue weighted by molar-refractivity contribution is 0.602. The number of nitrogens with two attached hydrogens (primary N) is 1. The minimum Gasteiger partial charge on any atom is -0.382 e. The zero-order valence-corrected chi connectivity index (χ0v) is 12.3. The topological polar surface area (TPSA) is 85.1 Å². The molecular formula is C12H15N3O2S2. The number of anilines is 2. The molecule has 1 aromatic carbocycles. The van der Waals surface area contributed by atoms with Gasteiger partial charge in [-0.25, -0.2) is 8.42 Å². The number of nitrogen functional groups attached to an aromatic ring is 1. The van der Waals surface area contributed by atoms with E-state index in [0.717, 1.165) is 23.4 Å². The van der Waals surface area contributed by atoms with Crippen LogP contribution in [0.4, 0.5) is 10.8 Å². The van der Waals surface area contributed by atoms with Gasteiger partial charge in [-0.3, -0.25) is 0 Å². The highest BCUT2D eigenvalue weighted by molar-refractivity contribution is 7.91. The summed E-state index contributed by atoms with van der Waals surface area (Å²) in [5.41, 5.74) is 7.85. The standard InChI is InChI=1S/C12H15N3O2S2/c1-8-3-5-9(6-4-8)7-14-12-10(19(2,16)17)11(13)15-18-12/h3-6,14H,7H2,1-2H3,(H2,13,15). The molecule has 7 heteroatoms. The van der Waals surface area contributed by atoms with Gasteiger partial charge in [0.05, 0.1) is 0 Å². The lowest BCUT2D eigenvalue weighted by atomic mass is 10.1. The van der Waals surface area contributed by atoms with E-state index in [0.29, 0.717) is 11.5 Å². The predicted molar refractivity (Wildman–Crippen MR) is 78.1 cm³/mol. The van der Waals surface area contributed by atoms with Crippen LogP contribution in [-0.4, -0.2) is 19.0 Å². The number of benzene rings is 1. The summed E-state index contributed by atoms with van der Waals surface area (Å²) in [5.74, 6) is 0.0545. The van der Waals surface area contributed by atoms with Gasteiger partial charge in [-0.05, 0) is 24.0 Å². The molecule has 2 aromatic rings. The van der Waals surface area contributed by atoms with Gasteiger partial charge in [0.2, 0.25) is 0 Å². The Morgan fingerprint density at radius 1 is 1.32 bits per heavy atom. The van der Waals surface area contributed by atoms with Gasteiger partial charge in [0, 0.05) is 12.8 Å². The van der Waals surface area contributed by atoms with Crippen molar-refractivity contribution in [2.24, 2.45) is 0 Å². The van der Waals surface area contributed by atoms with E-state index in [1.165, 1.54) is 5.56 Å². The summed E-state index contributed by atoms with van der Waals surface area (Å²) in [6.45, 7) is 2.55. The number of aromatic nitrogens is 1. The van der Waals surface area contributed by atoms with Crippen molar-refractivity contribution in [1.29, 1.82) is 0 Å². The molecule has 0 amide bonds. The summed E-state index contributed by atoms with van der Waals surface area (Å²) in [6.07, 6.45) is 1.13. The molecule has 0 bridgehead atoms. The molecule has 0 aliphatic carbocycles. The Morgan fingerprint density at radius 2 is 1.95 bits per heavy atom. The van der Waals surface area contributed by atoms with Crippen molar-refractivity contribution in [1.82, 2.24) is 4.37 Å². The predicted octanol–water partition coefficient (Wildman–Crippen LogP) is 2.05. The highest BCUT2D eigenvalue weighted by Gasteiger charge is 2.20. The zero-order valence-electron chi connectivity index (χ0n) is 10.7. The van der Waals surface area contributed by atoms with Gasteiger partial charge in [-0.15, -0.1) is 0 Å². The molecule has 3 N–H and O–H groups in total. The average molecular weight is 297 g/mol. The van der Waals surface area contributed by atoms with E-state index >= 15 is 0 Å². The van der Waals surface area contributed by atoms with Crippen molar-refractivity contribution in [3.8, 4) is 0 Å². The third-order valence-corrected chi connectivity index (χ3v) is 4.72. The van der Waals surface area contributed by atoms with Crippen molar-refractivity contribution < 1.29 is 8.42 Å². The SMILES string of the molecule is Cc1ccc(CNc2snc(N)c2S(C)(=O)=O)cc1.